The Labute approximate surface area is 127 Å². The number of hydrogen-bond acceptors (Lipinski definition) is 4. The lowest BCUT2D eigenvalue weighted by Gasteiger charge is -2.21. The fourth-order valence-electron chi connectivity index (χ4n) is 2.98. The second-order valence-corrected chi connectivity index (χ2v) is 6.55. The average Bonchev–Trinajstić information content (AvgIpc) is 3.09. The fraction of sp³-hybridized carbons (Fsp3) is 0.375. The summed E-state index contributed by atoms with van der Waals surface area (Å²) in [6, 6.07) is 10.9. The topological polar surface area (TPSA) is 42.2 Å². The van der Waals surface area contributed by atoms with Crippen molar-refractivity contribution in [1.29, 1.82) is 0 Å². The summed E-state index contributed by atoms with van der Waals surface area (Å²) in [4.78, 5) is 5.44. The van der Waals surface area contributed by atoms with Crippen molar-refractivity contribution in [2.24, 2.45) is 0 Å². The van der Waals surface area contributed by atoms with E-state index < -0.39 is 0 Å². The molecule has 3 aromatic rings. The summed E-state index contributed by atoms with van der Waals surface area (Å²) in [5, 5.41) is 9.27. The first kappa shape index (κ1) is 12.8. The number of rotatable bonds is 3. The van der Waals surface area contributed by atoms with Crippen LogP contribution in [0.4, 0.5) is 5.13 Å². The molecule has 2 heterocycles. The van der Waals surface area contributed by atoms with Crippen LogP contribution in [-0.2, 0) is 0 Å². The number of nitrogens with zero attached hydrogens (tertiary/aromatic N) is 3. The number of aromatic nitrogens is 3. The summed E-state index contributed by atoms with van der Waals surface area (Å²) in [7, 11) is 0. The lowest BCUT2D eigenvalue weighted by Crippen LogP contribution is -2.22. The van der Waals surface area contributed by atoms with Crippen LogP contribution in [0.15, 0.2) is 36.5 Å². The molecule has 4 rings (SSSR count). The second kappa shape index (κ2) is 5.48. The van der Waals surface area contributed by atoms with Gasteiger partial charge in [0, 0.05) is 11.6 Å². The Bertz CT molecular complexity index is 725. The van der Waals surface area contributed by atoms with Crippen LogP contribution < -0.4 is 5.32 Å². The summed E-state index contributed by atoms with van der Waals surface area (Å²) in [6.45, 7) is 0. The van der Waals surface area contributed by atoms with E-state index in [1.807, 2.05) is 28.9 Å². The van der Waals surface area contributed by atoms with Gasteiger partial charge in [-0.25, -0.2) is 9.50 Å². The van der Waals surface area contributed by atoms with E-state index in [0.717, 1.165) is 21.3 Å². The third kappa shape index (κ3) is 2.53. The van der Waals surface area contributed by atoms with Crippen molar-refractivity contribution < 1.29 is 0 Å². The van der Waals surface area contributed by atoms with Gasteiger partial charge in [0.2, 0.25) is 10.1 Å². The maximum atomic E-state index is 4.70. The van der Waals surface area contributed by atoms with E-state index in [-0.39, 0.29) is 0 Å². The monoisotopic (exact) mass is 298 g/mol. The summed E-state index contributed by atoms with van der Waals surface area (Å²) in [5.41, 5.74) is 2.21. The molecular formula is C16H18N4S. The molecular weight excluding hydrogens is 280 g/mol. The van der Waals surface area contributed by atoms with Crippen molar-refractivity contribution in [3.63, 3.8) is 0 Å². The molecule has 0 unspecified atom stereocenters. The molecule has 1 aromatic carbocycles. The maximum absolute atomic E-state index is 4.70. The first-order valence-electron chi connectivity index (χ1n) is 7.57. The SMILES string of the molecule is c1ccc(-c2cnc3sc(NC4CCCCC4)nn23)cc1. The largest absolute Gasteiger partial charge is 0.357 e. The van der Waals surface area contributed by atoms with Gasteiger partial charge in [0.05, 0.1) is 11.9 Å². The van der Waals surface area contributed by atoms with Gasteiger partial charge in [-0.3, -0.25) is 0 Å². The zero-order chi connectivity index (χ0) is 14.1. The number of fused-ring (bicyclic) bond motifs is 1. The normalized spacial score (nSPS) is 16.4. The molecule has 1 N–H and O–H groups in total. The van der Waals surface area contributed by atoms with Gasteiger partial charge in [0.1, 0.15) is 0 Å². The molecule has 1 aliphatic rings. The highest BCUT2D eigenvalue weighted by atomic mass is 32.1. The van der Waals surface area contributed by atoms with Crippen molar-refractivity contribution in [3.8, 4) is 11.3 Å². The number of benzene rings is 1. The molecule has 1 fully saturated rings. The minimum absolute atomic E-state index is 0.579. The summed E-state index contributed by atoms with van der Waals surface area (Å²) in [6.07, 6.45) is 8.45. The predicted molar refractivity (Wildman–Crippen MR) is 86.8 cm³/mol. The highest BCUT2D eigenvalue weighted by Crippen LogP contribution is 2.28. The minimum atomic E-state index is 0.579. The predicted octanol–water partition coefficient (Wildman–Crippen LogP) is 4.20. The molecule has 1 saturated carbocycles. The summed E-state index contributed by atoms with van der Waals surface area (Å²) < 4.78 is 1.95. The Kier molecular flexibility index (Phi) is 3.35. The first-order valence-corrected chi connectivity index (χ1v) is 8.38. The van der Waals surface area contributed by atoms with Gasteiger partial charge >= 0.3 is 0 Å². The molecule has 1 aliphatic carbocycles. The molecule has 4 nitrogen and oxygen atoms in total. The molecule has 0 atom stereocenters. The second-order valence-electron chi connectivity index (χ2n) is 5.59. The Morgan fingerprint density at radius 1 is 1.10 bits per heavy atom. The molecule has 108 valence electrons. The molecule has 0 radical (unpaired) electrons. The van der Waals surface area contributed by atoms with Gasteiger partial charge in [0.15, 0.2) is 0 Å². The van der Waals surface area contributed by atoms with E-state index in [9.17, 15) is 0 Å². The molecule has 0 amide bonds. The van der Waals surface area contributed by atoms with Gasteiger partial charge in [-0.05, 0) is 12.8 Å². The van der Waals surface area contributed by atoms with E-state index >= 15 is 0 Å². The molecule has 5 heteroatoms. The van der Waals surface area contributed by atoms with Crippen molar-refractivity contribution in [1.82, 2.24) is 14.6 Å². The van der Waals surface area contributed by atoms with Crippen LogP contribution in [0.2, 0.25) is 0 Å². The third-order valence-corrected chi connectivity index (χ3v) is 4.94. The van der Waals surface area contributed by atoms with Gasteiger partial charge in [-0.2, -0.15) is 0 Å². The quantitative estimate of drug-likeness (QED) is 0.788. The molecule has 0 saturated heterocycles. The van der Waals surface area contributed by atoms with Gasteiger partial charge < -0.3 is 5.32 Å². The van der Waals surface area contributed by atoms with Crippen LogP contribution in [0.25, 0.3) is 16.2 Å². The van der Waals surface area contributed by atoms with Crippen LogP contribution in [0.3, 0.4) is 0 Å². The van der Waals surface area contributed by atoms with E-state index in [2.05, 4.69) is 22.4 Å². The highest BCUT2D eigenvalue weighted by molar-refractivity contribution is 7.20. The van der Waals surface area contributed by atoms with E-state index in [0.29, 0.717) is 6.04 Å². The van der Waals surface area contributed by atoms with Crippen molar-refractivity contribution in [2.75, 3.05) is 5.32 Å². The Morgan fingerprint density at radius 2 is 1.90 bits per heavy atom. The van der Waals surface area contributed by atoms with Crippen LogP contribution in [0.1, 0.15) is 32.1 Å². The fourth-order valence-corrected chi connectivity index (χ4v) is 3.83. The number of anilines is 1. The molecule has 0 bridgehead atoms. The highest BCUT2D eigenvalue weighted by Gasteiger charge is 2.16. The maximum Gasteiger partial charge on any atom is 0.214 e. The lowest BCUT2D eigenvalue weighted by molar-refractivity contribution is 0.462. The van der Waals surface area contributed by atoms with E-state index in [1.54, 1.807) is 11.3 Å². The number of nitrogens with one attached hydrogen (secondary N) is 1. The van der Waals surface area contributed by atoms with Crippen LogP contribution in [0, 0.1) is 0 Å². The van der Waals surface area contributed by atoms with Crippen molar-refractivity contribution in [3.05, 3.63) is 36.5 Å². The number of hydrogen-bond donors (Lipinski definition) is 1. The molecule has 0 aliphatic heterocycles. The third-order valence-electron chi connectivity index (χ3n) is 4.09. The Morgan fingerprint density at radius 3 is 2.71 bits per heavy atom. The standard InChI is InChI=1S/C16H18N4S/c1-3-7-12(8-4-1)14-11-17-16-20(14)19-15(21-16)18-13-9-5-2-6-10-13/h1,3-4,7-8,11,13H,2,5-6,9-10H2,(H,18,19). The summed E-state index contributed by atoms with van der Waals surface area (Å²) >= 11 is 1.64. The zero-order valence-corrected chi connectivity index (χ0v) is 12.6. The van der Waals surface area contributed by atoms with Gasteiger partial charge in [-0.15, -0.1) is 5.10 Å². The minimum Gasteiger partial charge on any atom is -0.357 e. The van der Waals surface area contributed by atoms with Crippen LogP contribution in [-0.4, -0.2) is 20.6 Å². The Balaban J connectivity index is 1.63. The average molecular weight is 298 g/mol. The van der Waals surface area contributed by atoms with E-state index in [4.69, 9.17) is 5.10 Å². The number of imidazole rings is 1. The van der Waals surface area contributed by atoms with Crippen molar-refractivity contribution in [2.45, 2.75) is 38.1 Å². The smallest absolute Gasteiger partial charge is 0.214 e. The first-order chi connectivity index (χ1) is 10.4. The van der Waals surface area contributed by atoms with Crippen LogP contribution >= 0.6 is 11.3 Å². The Hall–Kier alpha value is -1.88. The zero-order valence-electron chi connectivity index (χ0n) is 11.8. The van der Waals surface area contributed by atoms with Gasteiger partial charge in [0.25, 0.3) is 0 Å². The van der Waals surface area contributed by atoms with E-state index in [1.165, 1.54) is 32.1 Å². The lowest BCUT2D eigenvalue weighted by atomic mass is 9.96. The molecule has 2 aromatic heterocycles. The van der Waals surface area contributed by atoms with Crippen molar-refractivity contribution >= 4 is 21.4 Å². The summed E-state index contributed by atoms with van der Waals surface area (Å²) in [5.74, 6) is 0. The van der Waals surface area contributed by atoms with Crippen LogP contribution in [0.5, 0.6) is 0 Å². The molecule has 21 heavy (non-hydrogen) atoms. The molecule has 0 spiro atoms. The van der Waals surface area contributed by atoms with Gasteiger partial charge in [-0.1, -0.05) is 60.9 Å².